The molecule has 0 aliphatic heterocycles. The lowest BCUT2D eigenvalue weighted by Gasteiger charge is -2.17. The standard InChI is InChI=1S/C12H18ClN/c1-9(2)10(3)14-8-11-6-4-5-7-12(11)13/h4-7,9-10,14H,8H2,1-3H3/t10-/m1/s1. The summed E-state index contributed by atoms with van der Waals surface area (Å²) in [5.74, 6) is 0.650. The van der Waals surface area contributed by atoms with E-state index in [-0.39, 0.29) is 0 Å². The molecule has 1 atom stereocenters. The Hall–Kier alpha value is -0.530. The monoisotopic (exact) mass is 211 g/mol. The molecule has 1 aromatic carbocycles. The summed E-state index contributed by atoms with van der Waals surface area (Å²) in [4.78, 5) is 0. The summed E-state index contributed by atoms with van der Waals surface area (Å²) >= 11 is 6.05. The van der Waals surface area contributed by atoms with E-state index in [1.54, 1.807) is 0 Å². The third kappa shape index (κ3) is 3.32. The molecule has 0 aliphatic rings. The van der Waals surface area contributed by atoms with E-state index in [0.717, 1.165) is 11.6 Å². The number of hydrogen-bond acceptors (Lipinski definition) is 1. The van der Waals surface area contributed by atoms with Gasteiger partial charge >= 0.3 is 0 Å². The second-order valence-electron chi connectivity index (χ2n) is 4.01. The third-order valence-corrected chi connectivity index (χ3v) is 2.94. The van der Waals surface area contributed by atoms with Crippen molar-refractivity contribution in [3.63, 3.8) is 0 Å². The molecule has 1 nitrogen and oxygen atoms in total. The Kier molecular flexibility index (Phi) is 4.43. The van der Waals surface area contributed by atoms with Gasteiger partial charge in [0.05, 0.1) is 0 Å². The fourth-order valence-electron chi connectivity index (χ4n) is 1.15. The first kappa shape index (κ1) is 11.5. The summed E-state index contributed by atoms with van der Waals surface area (Å²) in [5, 5.41) is 4.30. The average Bonchev–Trinajstić information content (AvgIpc) is 2.16. The normalized spacial score (nSPS) is 13.2. The highest BCUT2D eigenvalue weighted by molar-refractivity contribution is 6.31. The SMILES string of the molecule is CC(C)[C@@H](C)NCc1ccccc1Cl. The molecule has 2 heteroatoms. The highest BCUT2D eigenvalue weighted by Gasteiger charge is 2.06. The molecule has 14 heavy (non-hydrogen) atoms. The predicted octanol–water partition coefficient (Wildman–Crippen LogP) is 3.47. The van der Waals surface area contributed by atoms with Gasteiger partial charge in [0.25, 0.3) is 0 Å². The zero-order valence-electron chi connectivity index (χ0n) is 9.05. The molecule has 0 spiro atoms. The molecule has 0 amide bonds. The molecule has 0 aromatic heterocycles. The van der Waals surface area contributed by atoms with Crippen LogP contribution in [0.4, 0.5) is 0 Å². The van der Waals surface area contributed by atoms with E-state index in [0.29, 0.717) is 12.0 Å². The van der Waals surface area contributed by atoms with E-state index in [1.807, 2.05) is 18.2 Å². The topological polar surface area (TPSA) is 12.0 Å². The van der Waals surface area contributed by atoms with Gasteiger partial charge in [-0.05, 0) is 24.5 Å². The number of nitrogens with one attached hydrogen (secondary N) is 1. The molecule has 0 heterocycles. The lowest BCUT2D eigenvalue weighted by Crippen LogP contribution is -2.30. The fourth-order valence-corrected chi connectivity index (χ4v) is 1.35. The van der Waals surface area contributed by atoms with E-state index in [4.69, 9.17) is 11.6 Å². The average molecular weight is 212 g/mol. The van der Waals surface area contributed by atoms with Crippen molar-refractivity contribution in [2.24, 2.45) is 5.92 Å². The highest BCUT2D eigenvalue weighted by Crippen LogP contribution is 2.14. The van der Waals surface area contributed by atoms with Crippen molar-refractivity contribution >= 4 is 11.6 Å². The Labute approximate surface area is 91.5 Å². The van der Waals surface area contributed by atoms with Crippen LogP contribution >= 0.6 is 11.6 Å². The van der Waals surface area contributed by atoms with Crippen LogP contribution in [0.3, 0.4) is 0 Å². The van der Waals surface area contributed by atoms with Crippen molar-refractivity contribution in [3.8, 4) is 0 Å². The molecule has 0 unspecified atom stereocenters. The minimum absolute atomic E-state index is 0.520. The van der Waals surface area contributed by atoms with E-state index in [1.165, 1.54) is 5.56 Å². The van der Waals surface area contributed by atoms with Gasteiger partial charge in [-0.2, -0.15) is 0 Å². The van der Waals surface area contributed by atoms with Crippen LogP contribution in [-0.4, -0.2) is 6.04 Å². The van der Waals surface area contributed by atoms with Gasteiger partial charge in [-0.3, -0.25) is 0 Å². The molecule has 0 fully saturated rings. The van der Waals surface area contributed by atoms with Crippen LogP contribution in [0.1, 0.15) is 26.3 Å². The first-order valence-electron chi connectivity index (χ1n) is 5.08. The lowest BCUT2D eigenvalue weighted by molar-refractivity contribution is 0.426. The van der Waals surface area contributed by atoms with Crippen LogP contribution in [0, 0.1) is 5.92 Å². The van der Waals surface area contributed by atoms with Gasteiger partial charge in [0, 0.05) is 17.6 Å². The fraction of sp³-hybridized carbons (Fsp3) is 0.500. The molecule has 1 N–H and O–H groups in total. The third-order valence-electron chi connectivity index (χ3n) is 2.57. The molecule has 0 bridgehead atoms. The zero-order valence-corrected chi connectivity index (χ0v) is 9.81. The van der Waals surface area contributed by atoms with Crippen molar-refractivity contribution in [2.45, 2.75) is 33.4 Å². The van der Waals surface area contributed by atoms with E-state index in [9.17, 15) is 0 Å². The molecule has 1 rings (SSSR count). The van der Waals surface area contributed by atoms with Gasteiger partial charge in [-0.1, -0.05) is 43.6 Å². The summed E-state index contributed by atoms with van der Waals surface area (Å²) in [5.41, 5.74) is 1.17. The van der Waals surface area contributed by atoms with Crippen molar-refractivity contribution in [2.75, 3.05) is 0 Å². The van der Waals surface area contributed by atoms with Gasteiger partial charge in [-0.25, -0.2) is 0 Å². The van der Waals surface area contributed by atoms with Crippen LogP contribution < -0.4 is 5.32 Å². The van der Waals surface area contributed by atoms with Gasteiger partial charge in [-0.15, -0.1) is 0 Å². The summed E-state index contributed by atoms with van der Waals surface area (Å²) in [7, 11) is 0. The number of benzene rings is 1. The van der Waals surface area contributed by atoms with Crippen LogP contribution in [0.5, 0.6) is 0 Å². The van der Waals surface area contributed by atoms with Crippen LogP contribution in [0.2, 0.25) is 5.02 Å². The van der Waals surface area contributed by atoms with Crippen LogP contribution in [0.15, 0.2) is 24.3 Å². The minimum atomic E-state index is 0.520. The zero-order chi connectivity index (χ0) is 10.6. The Bertz CT molecular complexity index is 283. The van der Waals surface area contributed by atoms with Crippen LogP contribution in [0.25, 0.3) is 0 Å². The largest absolute Gasteiger partial charge is 0.310 e. The Morgan fingerprint density at radius 3 is 2.43 bits per heavy atom. The van der Waals surface area contributed by atoms with E-state index < -0.39 is 0 Å². The second kappa shape index (κ2) is 5.38. The van der Waals surface area contributed by atoms with Crippen molar-refractivity contribution < 1.29 is 0 Å². The Morgan fingerprint density at radius 2 is 1.86 bits per heavy atom. The maximum atomic E-state index is 6.05. The maximum Gasteiger partial charge on any atom is 0.0450 e. The van der Waals surface area contributed by atoms with Gasteiger partial charge in [0.1, 0.15) is 0 Å². The molecular formula is C12H18ClN. The molecular weight excluding hydrogens is 194 g/mol. The number of hydrogen-bond donors (Lipinski definition) is 1. The Morgan fingerprint density at radius 1 is 1.21 bits per heavy atom. The predicted molar refractivity (Wildman–Crippen MR) is 62.6 cm³/mol. The molecule has 78 valence electrons. The summed E-state index contributed by atoms with van der Waals surface area (Å²) in [6.07, 6.45) is 0. The van der Waals surface area contributed by atoms with E-state index in [2.05, 4.69) is 32.2 Å². The van der Waals surface area contributed by atoms with Crippen molar-refractivity contribution in [1.29, 1.82) is 0 Å². The summed E-state index contributed by atoms with van der Waals surface area (Å²) in [6, 6.07) is 8.48. The molecule has 0 saturated carbocycles. The summed E-state index contributed by atoms with van der Waals surface area (Å²) in [6.45, 7) is 7.47. The minimum Gasteiger partial charge on any atom is -0.310 e. The van der Waals surface area contributed by atoms with E-state index >= 15 is 0 Å². The van der Waals surface area contributed by atoms with Crippen molar-refractivity contribution in [1.82, 2.24) is 5.32 Å². The summed E-state index contributed by atoms with van der Waals surface area (Å²) < 4.78 is 0. The van der Waals surface area contributed by atoms with Gasteiger partial charge < -0.3 is 5.32 Å². The quantitative estimate of drug-likeness (QED) is 0.804. The molecule has 0 saturated heterocycles. The molecule has 0 aliphatic carbocycles. The lowest BCUT2D eigenvalue weighted by atomic mass is 10.1. The highest BCUT2D eigenvalue weighted by atomic mass is 35.5. The van der Waals surface area contributed by atoms with Crippen molar-refractivity contribution in [3.05, 3.63) is 34.9 Å². The van der Waals surface area contributed by atoms with Gasteiger partial charge in [0.2, 0.25) is 0 Å². The molecule has 1 aromatic rings. The first-order chi connectivity index (χ1) is 6.61. The maximum absolute atomic E-state index is 6.05. The number of rotatable bonds is 4. The Balaban J connectivity index is 2.50. The number of halogens is 1. The van der Waals surface area contributed by atoms with Gasteiger partial charge in [0.15, 0.2) is 0 Å². The van der Waals surface area contributed by atoms with Crippen LogP contribution in [-0.2, 0) is 6.54 Å². The first-order valence-corrected chi connectivity index (χ1v) is 5.46. The molecule has 0 radical (unpaired) electrons. The smallest absolute Gasteiger partial charge is 0.0450 e. The second-order valence-corrected chi connectivity index (χ2v) is 4.41.